The van der Waals surface area contributed by atoms with Crippen molar-refractivity contribution in [3.63, 3.8) is 0 Å². The Balaban J connectivity index is 2.63. The number of rotatable bonds is 6. The smallest absolute Gasteiger partial charge is 0.236 e. The van der Waals surface area contributed by atoms with Crippen LogP contribution in [0.5, 0.6) is 0 Å². The topological polar surface area (TPSA) is 43.8 Å². The average Bonchev–Trinajstić information content (AvgIpc) is 2.31. The molecule has 1 rings (SSSR count). The lowest BCUT2D eigenvalue weighted by atomic mass is 10.1. The molecule has 0 aromatic heterocycles. The first-order valence-corrected chi connectivity index (χ1v) is 7.06. The van der Waals surface area contributed by atoms with E-state index in [4.69, 9.17) is 11.6 Å². The zero-order valence-corrected chi connectivity index (χ0v) is 13.6. The number of hydrogen-bond donors (Lipinski definition) is 1. The van der Waals surface area contributed by atoms with Crippen LogP contribution in [0, 0.1) is 5.82 Å². The van der Waals surface area contributed by atoms with Crippen molar-refractivity contribution in [1.82, 2.24) is 9.80 Å². The van der Waals surface area contributed by atoms with Gasteiger partial charge >= 0.3 is 0 Å². The first-order valence-electron chi connectivity index (χ1n) is 6.68. The van der Waals surface area contributed by atoms with Gasteiger partial charge in [-0.15, -0.1) is 0 Å². The molecule has 1 amide bonds. The van der Waals surface area contributed by atoms with E-state index in [9.17, 15) is 14.3 Å². The minimum atomic E-state index is -0.873. The number of likely N-dealkylation sites (N-methyl/N-ethyl adjacent to an activating group) is 2. The van der Waals surface area contributed by atoms with E-state index in [0.717, 1.165) is 0 Å². The molecule has 0 saturated carbocycles. The van der Waals surface area contributed by atoms with E-state index in [0.29, 0.717) is 17.1 Å². The lowest BCUT2D eigenvalue weighted by Gasteiger charge is -2.27. The predicted molar refractivity (Wildman–Crippen MR) is 81.7 cm³/mol. The molecular formula is C15H22ClFN2O2. The number of amides is 1. The Bertz CT molecular complexity index is 483. The van der Waals surface area contributed by atoms with E-state index in [1.807, 2.05) is 0 Å². The van der Waals surface area contributed by atoms with Crippen LogP contribution in [-0.2, 0) is 11.3 Å². The summed E-state index contributed by atoms with van der Waals surface area (Å²) >= 11 is 5.95. The summed E-state index contributed by atoms with van der Waals surface area (Å²) < 4.78 is 13.7. The van der Waals surface area contributed by atoms with Crippen molar-refractivity contribution in [1.29, 1.82) is 0 Å². The van der Waals surface area contributed by atoms with Crippen LogP contribution in [0.4, 0.5) is 4.39 Å². The van der Waals surface area contributed by atoms with Crippen molar-refractivity contribution in [2.24, 2.45) is 0 Å². The maximum absolute atomic E-state index is 13.7. The normalized spacial score (nSPS) is 11.8. The van der Waals surface area contributed by atoms with Crippen LogP contribution < -0.4 is 0 Å². The van der Waals surface area contributed by atoms with E-state index >= 15 is 0 Å². The molecule has 0 aliphatic rings. The molecule has 1 aromatic rings. The summed E-state index contributed by atoms with van der Waals surface area (Å²) in [5.74, 6) is -0.590. The van der Waals surface area contributed by atoms with Crippen LogP contribution in [-0.4, -0.2) is 53.6 Å². The first kappa shape index (κ1) is 17.9. The molecule has 21 heavy (non-hydrogen) atoms. The lowest BCUT2D eigenvalue weighted by molar-refractivity contribution is -0.131. The Labute approximate surface area is 130 Å². The molecule has 1 aromatic carbocycles. The number of benzene rings is 1. The molecule has 0 spiro atoms. The highest BCUT2D eigenvalue weighted by Crippen LogP contribution is 2.20. The Kier molecular flexibility index (Phi) is 6.13. The van der Waals surface area contributed by atoms with Crippen molar-refractivity contribution in [3.05, 3.63) is 34.6 Å². The minimum absolute atomic E-state index is 0.112. The van der Waals surface area contributed by atoms with Gasteiger partial charge in [-0.3, -0.25) is 9.69 Å². The molecule has 0 saturated heterocycles. The molecule has 0 aliphatic carbocycles. The number of carbonyl (C=O) groups is 1. The van der Waals surface area contributed by atoms with Gasteiger partial charge in [-0.25, -0.2) is 4.39 Å². The molecule has 0 bridgehead atoms. The van der Waals surface area contributed by atoms with Gasteiger partial charge in [0.05, 0.1) is 12.1 Å². The molecule has 6 heteroatoms. The average molecular weight is 317 g/mol. The zero-order valence-electron chi connectivity index (χ0n) is 12.9. The second-order valence-corrected chi connectivity index (χ2v) is 6.34. The summed E-state index contributed by atoms with van der Waals surface area (Å²) in [5.41, 5.74) is -0.567. The molecule has 0 unspecified atom stereocenters. The molecule has 0 aliphatic heterocycles. The Morgan fingerprint density at radius 3 is 2.52 bits per heavy atom. The van der Waals surface area contributed by atoms with Gasteiger partial charge in [-0.05, 0) is 33.0 Å². The molecule has 1 N–H and O–H groups in total. The fourth-order valence-corrected chi connectivity index (χ4v) is 2.30. The number of hydrogen-bond acceptors (Lipinski definition) is 3. The molecule has 0 radical (unpaired) electrons. The monoisotopic (exact) mass is 316 g/mol. The fourth-order valence-electron chi connectivity index (χ4n) is 2.08. The Morgan fingerprint density at radius 1 is 1.38 bits per heavy atom. The molecule has 0 atom stereocenters. The standard InChI is InChI=1S/C15H22ClFN2O2/c1-15(2,21)10-18(3)9-14(20)19(4)8-11-12(16)6-5-7-13(11)17/h5-7,21H,8-10H2,1-4H3. The minimum Gasteiger partial charge on any atom is -0.389 e. The lowest BCUT2D eigenvalue weighted by Crippen LogP contribution is -2.42. The van der Waals surface area contributed by atoms with Gasteiger partial charge in [0.1, 0.15) is 5.82 Å². The van der Waals surface area contributed by atoms with E-state index in [2.05, 4.69) is 0 Å². The van der Waals surface area contributed by atoms with Gasteiger partial charge in [0.2, 0.25) is 5.91 Å². The summed E-state index contributed by atoms with van der Waals surface area (Å²) in [6.45, 7) is 3.98. The van der Waals surface area contributed by atoms with Crippen molar-refractivity contribution >= 4 is 17.5 Å². The first-order chi connectivity index (χ1) is 9.60. The Hall–Kier alpha value is -1.17. The van der Waals surface area contributed by atoms with Gasteiger partial charge in [0.15, 0.2) is 0 Å². The number of halogens is 2. The van der Waals surface area contributed by atoms with Crippen molar-refractivity contribution in [2.45, 2.75) is 26.0 Å². The maximum Gasteiger partial charge on any atom is 0.236 e. The van der Waals surface area contributed by atoms with E-state index < -0.39 is 11.4 Å². The van der Waals surface area contributed by atoms with Crippen LogP contribution in [0.15, 0.2) is 18.2 Å². The van der Waals surface area contributed by atoms with Crippen molar-refractivity contribution < 1.29 is 14.3 Å². The van der Waals surface area contributed by atoms with Crippen LogP contribution in [0.2, 0.25) is 5.02 Å². The maximum atomic E-state index is 13.7. The summed E-state index contributed by atoms with van der Waals surface area (Å²) in [5, 5.41) is 10.0. The third-order valence-corrected chi connectivity index (χ3v) is 3.30. The second kappa shape index (κ2) is 7.20. The zero-order chi connectivity index (χ0) is 16.2. The van der Waals surface area contributed by atoms with Crippen molar-refractivity contribution in [2.75, 3.05) is 27.2 Å². The fraction of sp³-hybridized carbons (Fsp3) is 0.533. The van der Waals surface area contributed by atoms with E-state index in [1.165, 1.54) is 17.0 Å². The molecule has 118 valence electrons. The molecule has 0 fully saturated rings. The Morgan fingerprint density at radius 2 is 2.00 bits per heavy atom. The van der Waals surface area contributed by atoms with Gasteiger partial charge in [0.25, 0.3) is 0 Å². The summed E-state index contributed by atoms with van der Waals surface area (Å²) in [6, 6.07) is 4.44. The van der Waals surface area contributed by atoms with Crippen molar-refractivity contribution in [3.8, 4) is 0 Å². The van der Waals surface area contributed by atoms with Gasteiger partial charge in [0, 0.05) is 30.7 Å². The third-order valence-electron chi connectivity index (χ3n) is 2.94. The second-order valence-electron chi connectivity index (χ2n) is 5.93. The third kappa shape index (κ3) is 5.99. The summed E-state index contributed by atoms with van der Waals surface area (Å²) in [7, 11) is 3.35. The largest absolute Gasteiger partial charge is 0.389 e. The van der Waals surface area contributed by atoms with Gasteiger partial charge in [-0.2, -0.15) is 0 Å². The van der Waals surface area contributed by atoms with Crippen LogP contribution in [0.25, 0.3) is 0 Å². The highest BCUT2D eigenvalue weighted by Gasteiger charge is 2.20. The molecule has 0 heterocycles. The summed E-state index contributed by atoms with van der Waals surface area (Å²) in [6.07, 6.45) is 0. The number of carbonyl (C=O) groups excluding carboxylic acids is 1. The van der Waals surface area contributed by atoms with Gasteiger partial charge in [-0.1, -0.05) is 17.7 Å². The number of nitrogens with zero attached hydrogens (tertiary/aromatic N) is 2. The van der Waals surface area contributed by atoms with Crippen LogP contribution in [0.1, 0.15) is 19.4 Å². The molecule has 4 nitrogen and oxygen atoms in total. The summed E-state index contributed by atoms with van der Waals surface area (Å²) in [4.78, 5) is 15.2. The van der Waals surface area contributed by atoms with Gasteiger partial charge < -0.3 is 10.0 Å². The molecular weight excluding hydrogens is 295 g/mol. The number of aliphatic hydroxyl groups is 1. The van der Waals surface area contributed by atoms with Crippen LogP contribution in [0.3, 0.4) is 0 Å². The predicted octanol–water partition coefficient (Wildman–Crippen LogP) is 2.14. The van der Waals surface area contributed by atoms with E-state index in [1.54, 1.807) is 38.9 Å². The van der Waals surface area contributed by atoms with E-state index in [-0.39, 0.29) is 19.0 Å². The van der Waals surface area contributed by atoms with Crippen LogP contribution >= 0.6 is 11.6 Å². The quantitative estimate of drug-likeness (QED) is 0.874. The highest BCUT2D eigenvalue weighted by molar-refractivity contribution is 6.31. The highest BCUT2D eigenvalue weighted by atomic mass is 35.5. The SMILES string of the molecule is CN(CC(=O)N(C)Cc1c(F)cccc1Cl)CC(C)(C)O.